The Labute approximate surface area is 219 Å². The lowest BCUT2D eigenvalue weighted by molar-refractivity contribution is 0.0825. The number of thiazole rings is 1. The van der Waals surface area contributed by atoms with Crippen LogP contribution in [0.3, 0.4) is 0 Å². The van der Waals surface area contributed by atoms with Crippen LogP contribution >= 0.6 is 11.3 Å². The number of aryl methyl sites for hydroxylation is 2. The third-order valence-electron chi connectivity index (χ3n) is 5.53. The molecule has 0 saturated carbocycles. The van der Waals surface area contributed by atoms with Gasteiger partial charge in [0.2, 0.25) is 10.0 Å². The van der Waals surface area contributed by atoms with Gasteiger partial charge < -0.3 is 15.7 Å². The summed E-state index contributed by atoms with van der Waals surface area (Å²) in [6.45, 7) is 4.24. The van der Waals surface area contributed by atoms with Gasteiger partial charge in [-0.3, -0.25) is 9.52 Å². The maximum absolute atomic E-state index is 13.8. The number of amides is 1. The molecule has 200 valence electrons. The number of aromatic nitrogens is 1. The second kappa shape index (κ2) is 12.5. The Hall–Kier alpha value is -2.93. The fourth-order valence-electron chi connectivity index (χ4n) is 3.78. The summed E-state index contributed by atoms with van der Waals surface area (Å²) in [6.07, 6.45) is 0.704. The molecule has 1 amide bonds. The summed E-state index contributed by atoms with van der Waals surface area (Å²) in [5, 5.41) is 16.8. The molecule has 1 aromatic heterocycles. The molecule has 0 aliphatic carbocycles. The maximum atomic E-state index is 13.8. The Morgan fingerprint density at radius 1 is 1.11 bits per heavy atom. The van der Waals surface area contributed by atoms with E-state index in [-0.39, 0.29) is 29.4 Å². The van der Waals surface area contributed by atoms with E-state index in [1.165, 1.54) is 5.56 Å². The topological polar surface area (TPSA) is 120 Å². The first kappa shape index (κ1) is 28.6. The van der Waals surface area contributed by atoms with E-state index in [1.807, 2.05) is 18.2 Å². The molecular weight excluding hydrogens is 522 g/mol. The lowest BCUT2D eigenvalue weighted by Gasteiger charge is -2.25. The van der Waals surface area contributed by atoms with Crippen molar-refractivity contribution in [1.29, 1.82) is 0 Å². The van der Waals surface area contributed by atoms with Crippen LogP contribution < -0.4 is 15.4 Å². The number of benzene rings is 2. The highest BCUT2D eigenvalue weighted by atomic mass is 32.2. The predicted octanol–water partition coefficient (Wildman–Crippen LogP) is 3.16. The molecule has 12 heteroatoms. The minimum atomic E-state index is -3.58. The summed E-state index contributed by atoms with van der Waals surface area (Å²) in [7, 11) is -3.58. The molecule has 2 atom stereocenters. The van der Waals surface area contributed by atoms with Crippen molar-refractivity contribution < 1.29 is 27.1 Å². The van der Waals surface area contributed by atoms with Crippen LogP contribution in [0.15, 0.2) is 42.5 Å². The van der Waals surface area contributed by atoms with Crippen molar-refractivity contribution in [2.75, 3.05) is 17.5 Å². The van der Waals surface area contributed by atoms with Gasteiger partial charge >= 0.3 is 0 Å². The molecule has 0 aliphatic heterocycles. The highest BCUT2D eigenvalue weighted by molar-refractivity contribution is 7.92. The second-order valence-corrected chi connectivity index (χ2v) is 11.7. The van der Waals surface area contributed by atoms with Crippen LogP contribution in [0.1, 0.15) is 39.0 Å². The standard InChI is InChI=1S/C25H30F2N4O4S2/c1-4-16-6-5-7-17(8-16)13-28-14-22(32)21(11-18-9-19(26)12-20(27)10-18)29-24(33)23-15(2)36-25(30-23)31-37(3,34)35/h5-10,12,21-22,28,32H,4,11,13-14H2,1-3H3,(H,29,33)(H,30,31)/t21-,22-/m0/s1. The van der Waals surface area contributed by atoms with Gasteiger partial charge in [0.15, 0.2) is 5.13 Å². The number of nitrogens with zero attached hydrogens (tertiary/aromatic N) is 1. The van der Waals surface area contributed by atoms with Crippen molar-refractivity contribution in [3.8, 4) is 0 Å². The van der Waals surface area contributed by atoms with Crippen molar-refractivity contribution in [2.45, 2.75) is 45.4 Å². The fraction of sp³-hybridized carbons (Fsp3) is 0.360. The number of carbonyl (C=O) groups is 1. The van der Waals surface area contributed by atoms with Crippen LogP contribution in [-0.4, -0.2) is 49.4 Å². The Morgan fingerprint density at radius 3 is 2.43 bits per heavy atom. The predicted molar refractivity (Wildman–Crippen MR) is 140 cm³/mol. The minimum Gasteiger partial charge on any atom is -0.390 e. The molecular formula is C25H30F2N4O4S2. The van der Waals surface area contributed by atoms with Gasteiger partial charge in [0.1, 0.15) is 17.3 Å². The van der Waals surface area contributed by atoms with E-state index in [1.54, 1.807) is 6.92 Å². The van der Waals surface area contributed by atoms with E-state index in [4.69, 9.17) is 0 Å². The van der Waals surface area contributed by atoms with E-state index in [0.29, 0.717) is 11.4 Å². The summed E-state index contributed by atoms with van der Waals surface area (Å²) in [5.41, 5.74) is 2.46. The summed E-state index contributed by atoms with van der Waals surface area (Å²) in [4.78, 5) is 17.5. The number of hydrogen-bond donors (Lipinski definition) is 4. The van der Waals surface area contributed by atoms with Crippen molar-refractivity contribution in [1.82, 2.24) is 15.6 Å². The monoisotopic (exact) mass is 552 g/mol. The third kappa shape index (κ3) is 8.85. The molecule has 1 heterocycles. The Bertz CT molecular complexity index is 1330. The number of rotatable bonds is 12. The van der Waals surface area contributed by atoms with E-state index < -0.39 is 39.7 Å². The molecule has 0 aliphatic rings. The van der Waals surface area contributed by atoms with E-state index in [2.05, 4.69) is 33.3 Å². The highest BCUT2D eigenvalue weighted by Crippen LogP contribution is 2.23. The zero-order valence-corrected chi connectivity index (χ0v) is 22.3. The van der Waals surface area contributed by atoms with Gasteiger partial charge in [-0.1, -0.05) is 31.2 Å². The van der Waals surface area contributed by atoms with Gasteiger partial charge in [-0.05, 0) is 48.6 Å². The van der Waals surface area contributed by atoms with Crippen molar-refractivity contribution >= 4 is 32.4 Å². The molecule has 3 rings (SSSR count). The number of carbonyl (C=O) groups excluding carboxylic acids is 1. The SMILES string of the molecule is CCc1cccc(CNC[C@H](O)[C@H](Cc2cc(F)cc(F)c2)NC(=O)c2nc(NS(C)(=O)=O)sc2C)c1. The number of aliphatic hydroxyl groups excluding tert-OH is 1. The molecule has 0 spiro atoms. The summed E-state index contributed by atoms with van der Waals surface area (Å²) in [5.74, 6) is -2.18. The zero-order valence-electron chi connectivity index (χ0n) is 20.7. The molecule has 8 nitrogen and oxygen atoms in total. The van der Waals surface area contributed by atoms with Crippen LogP contribution in [0.5, 0.6) is 0 Å². The Balaban J connectivity index is 1.75. The molecule has 0 saturated heterocycles. The number of hydrogen-bond acceptors (Lipinski definition) is 7. The number of aliphatic hydroxyl groups is 1. The van der Waals surface area contributed by atoms with Gasteiger partial charge in [-0.25, -0.2) is 22.2 Å². The number of nitrogens with one attached hydrogen (secondary N) is 3. The minimum absolute atomic E-state index is 0.0110. The number of anilines is 1. The van der Waals surface area contributed by atoms with Gasteiger partial charge in [-0.15, -0.1) is 11.3 Å². The summed E-state index contributed by atoms with van der Waals surface area (Å²) in [6, 6.07) is 10.1. The molecule has 0 fully saturated rings. The first-order chi connectivity index (χ1) is 17.4. The lowest BCUT2D eigenvalue weighted by atomic mass is 10.00. The maximum Gasteiger partial charge on any atom is 0.271 e. The zero-order chi connectivity index (χ0) is 27.2. The normalized spacial score (nSPS) is 13.2. The van der Waals surface area contributed by atoms with Gasteiger partial charge in [0.25, 0.3) is 5.91 Å². The highest BCUT2D eigenvalue weighted by Gasteiger charge is 2.25. The van der Waals surface area contributed by atoms with E-state index in [0.717, 1.165) is 47.8 Å². The molecule has 3 aromatic rings. The first-order valence-electron chi connectivity index (χ1n) is 11.6. The molecule has 0 bridgehead atoms. The molecule has 0 radical (unpaired) electrons. The molecule has 37 heavy (non-hydrogen) atoms. The third-order valence-corrected chi connectivity index (χ3v) is 7.11. The van der Waals surface area contributed by atoms with Crippen LogP contribution in [0.4, 0.5) is 13.9 Å². The Kier molecular flexibility index (Phi) is 9.71. The number of halogens is 2. The van der Waals surface area contributed by atoms with Gasteiger partial charge in [0.05, 0.1) is 18.4 Å². The van der Waals surface area contributed by atoms with Crippen LogP contribution in [0.25, 0.3) is 0 Å². The van der Waals surface area contributed by atoms with Crippen LogP contribution in [-0.2, 0) is 29.4 Å². The van der Waals surface area contributed by atoms with Crippen molar-refractivity contribution in [2.24, 2.45) is 0 Å². The lowest BCUT2D eigenvalue weighted by Crippen LogP contribution is -2.48. The van der Waals surface area contributed by atoms with Crippen LogP contribution in [0, 0.1) is 18.6 Å². The molecule has 2 aromatic carbocycles. The molecule has 0 unspecified atom stereocenters. The van der Waals surface area contributed by atoms with Gasteiger partial charge in [0, 0.05) is 24.0 Å². The fourth-order valence-corrected chi connectivity index (χ4v) is 5.42. The quantitative estimate of drug-likeness (QED) is 0.274. The van der Waals surface area contributed by atoms with E-state index in [9.17, 15) is 27.1 Å². The largest absolute Gasteiger partial charge is 0.390 e. The molecule has 4 N–H and O–H groups in total. The average Bonchev–Trinajstić information content (AvgIpc) is 3.16. The van der Waals surface area contributed by atoms with Crippen molar-refractivity contribution in [3.05, 3.63) is 81.4 Å². The van der Waals surface area contributed by atoms with Gasteiger partial charge in [-0.2, -0.15) is 0 Å². The first-order valence-corrected chi connectivity index (χ1v) is 14.3. The smallest absolute Gasteiger partial charge is 0.271 e. The van der Waals surface area contributed by atoms with Crippen LogP contribution in [0.2, 0.25) is 0 Å². The average molecular weight is 553 g/mol. The Morgan fingerprint density at radius 2 is 1.78 bits per heavy atom. The second-order valence-electron chi connectivity index (χ2n) is 8.73. The summed E-state index contributed by atoms with van der Waals surface area (Å²) < 4.78 is 52.8. The van der Waals surface area contributed by atoms with E-state index >= 15 is 0 Å². The number of sulfonamides is 1. The summed E-state index contributed by atoms with van der Waals surface area (Å²) >= 11 is 0.991. The van der Waals surface area contributed by atoms with Crippen molar-refractivity contribution in [3.63, 3.8) is 0 Å².